The molecule has 1 amide bonds. The average Bonchev–Trinajstić information content (AvgIpc) is 3.18. The predicted octanol–water partition coefficient (Wildman–Crippen LogP) is 2.97. The van der Waals surface area contributed by atoms with Crippen LogP contribution in [-0.4, -0.2) is 46.0 Å². The molecule has 2 heterocycles. The molecule has 0 aliphatic carbocycles. The van der Waals surface area contributed by atoms with E-state index in [0.29, 0.717) is 27.3 Å². The fourth-order valence-electron chi connectivity index (χ4n) is 2.87. The van der Waals surface area contributed by atoms with Crippen molar-refractivity contribution < 1.29 is 19.1 Å². The Labute approximate surface area is 181 Å². The highest BCUT2D eigenvalue weighted by Crippen LogP contribution is 2.25. The van der Waals surface area contributed by atoms with Crippen molar-refractivity contribution in [2.45, 2.75) is 11.8 Å². The van der Waals surface area contributed by atoms with Crippen LogP contribution in [0, 0.1) is 0 Å². The third-order valence-corrected chi connectivity index (χ3v) is 5.57. The zero-order chi connectivity index (χ0) is 21.1. The molecule has 0 atom stereocenters. The molecule has 154 valence electrons. The van der Waals surface area contributed by atoms with E-state index in [1.807, 2.05) is 0 Å². The number of carbonyl (C=O) groups excluding carboxylic acids is 2. The Morgan fingerprint density at radius 2 is 1.80 bits per heavy atom. The molecule has 8 nitrogen and oxygen atoms in total. The summed E-state index contributed by atoms with van der Waals surface area (Å²) in [5, 5.41) is 10.7. The molecule has 0 fully saturated rings. The second kappa shape index (κ2) is 8.76. The van der Waals surface area contributed by atoms with Crippen molar-refractivity contribution in [1.29, 1.82) is 0 Å². The van der Waals surface area contributed by atoms with E-state index in [2.05, 4.69) is 10.2 Å². The molecule has 0 bridgehead atoms. The molecule has 30 heavy (non-hydrogen) atoms. The highest BCUT2D eigenvalue weighted by Gasteiger charge is 2.31. The van der Waals surface area contributed by atoms with Gasteiger partial charge in [-0.3, -0.25) is 9.59 Å². The van der Waals surface area contributed by atoms with Crippen LogP contribution < -0.4 is 14.5 Å². The maximum absolute atomic E-state index is 12.7. The Morgan fingerprint density at radius 1 is 1.10 bits per heavy atom. The fraction of sp³-hybridized carbons (Fsp3) is 0.200. The topological polar surface area (TPSA) is 86.6 Å². The van der Waals surface area contributed by atoms with Crippen molar-refractivity contribution in [3.8, 4) is 11.5 Å². The van der Waals surface area contributed by atoms with Crippen LogP contribution in [0.25, 0.3) is 0 Å². The predicted molar refractivity (Wildman–Crippen MR) is 112 cm³/mol. The summed E-state index contributed by atoms with van der Waals surface area (Å²) in [7, 11) is 1.59. The first kappa shape index (κ1) is 20.2. The SMILES string of the molecule is COc1ccc(OCc2nnc3n2N(CC(=O)c2ccc(Cl)cc2)C(=O)CS3)cc1. The second-order valence-electron chi connectivity index (χ2n) is 6.34. The molecule has 0 saturated heterocycles. The zero-order valence-electron chi connectivity index (χ0n) is 15.9. The number of Topliss-reactive ketones (excluding diaryl/α,β-unsaturated/α-hetero) is 1. The van der Waals surface area contributed by atoms with Gasteiger partial charge in [0.05, 0.1) is 12.9 Å². The van der Waals surface area contributed by atoms with Crippen LogP contribution in [0.1, 0.15) is 16.2 Å². The first-order valence-corrected chi connectivity index (χ1v) is 10.3. The number of benzene rings is 2. The van der Waals surface area contributed by atoms with Gasteiger partial charge in [0, 0.05) is 10.6 Å². The molecule has 10 heteroatoms. The molecule has 0 N–H and O–H groups in total. The minimum absolute atomic E-state index is 0.0821. The number of amides is 1. The van der Waals surface area contributed by atoms with Gasteiger partial charge in [-0.15, -0.1) is 10.2 Å². The molecular weight excluding hydrogens is 428 g/mol. The molecule has 0 unspecified atom stereocenters. The number of hydrogen-bond donors (Lipinski definition) is 0. The van der Waals surface area contributed by atoms with E-state index in [-0.39, 0.29) is 30.6 Å². The number of aromatic nitrogens is 3. The zero-order valence-corrected chi connectivity index (χ0v) is 17.5. The lowest BCUT2D eigenvalue weighted by atomic mass is 10.1. The van der Waals surface area contributed by atoms with Gasteiger partial charge in [0.2, 0.25) is 5.16 Å². The molecule has 1 aliphatic rings. The highest BCUT2D eigenvalue weighted by molar-refractivity contribution is 7.99. The van der Waals surface area contributed by atoms with Gasteiger partial charge >= 0.3 is 0 Å². The number of halogens is 1. The van der Waals surface area contributed by atoms with E-state index in [4.69, 9.17) is 21.1 Å². The van der Waals surface area contributed by atoms with Gasteiger partial charge < -0.3 is 9.47 Å². The Kier molecular flexibility index (Phi) is 5.91. The van der Waals surface area contributed by atoms with Crippen LogP contribution in [0.5, 0.6) is 11.5 Å². The minimum atomic E-state index is -0.214. The first-order valence-electron chi connectivity index (χ1n) is 8.98. The van der Waals surface area contributed by atoms with E-state index in [0.717, 1.165) is 5.75 Å². The smallest absolute Gasteiger partial charge is 0.252 e. The lowest BCUT2D eigenvalue weighted by molar-refractivity contribution is -0.118. The highest BCUT2D eigenvalue weighted by atomic mass is 35.5. The van der Waals surface area contributed by atoms with Crippen molar-refractivity contribution >= 4 is 35.1 Å². The first-order chi connectivity index (χ1) is 14.5. The molecule has 3 aromatic rings. The number of hydrogen-bond acceptors (Lipinski definition) is 7. The largest absolute Gasteiger partial charge is 0.497 e. The number of rotatable bonds is 7. The lowest BCUT2D eigenvalue weighted by Crippen LogP contribution is -2.48. The van der Waals surface area contributed by atoms with Gasteiger partial charge in [-0.2, -0.15) is 0 Å². The van der Waals surface area contributed by atoms with Gasteiger partial charge in [0.1, 0.15) is 24.7 Å². The normalized spacial score (nSPS) is 13.1. The van der Waals surface area contributed by atoms with Crippen LogP contribution in [0.4, 0.5) is 0 Å². The van der Waals surface area contributed by atoms with Crippen molar-refractivity contribution in [1.82, 2.24) is 14.9 Å². The summed E-state index contributed by atoms with van der Waals surface area (Å²) < 4.78 is 12.5. The van der Waals surface area contributed by atoms with E-state index in [1.165, 1.54) is 16.8 Å². The van der Waals surface area contributed by atoms with Crippen LogP contribution in [0.2, 0.25) is 5.02 Å². The standard InChI is InChI=1S/C20H17ClN4O4S/c1-28-15-6-8-16(9-7-15)29-11-18-22-23-20-25(18)24(19(27)12-30-20)10-17(26)13-2-4-14(21)5-3-13/h2-9H,10-12H2,1H3. The maximum atomic E-state index is 12.7. The van der Waals surface area contributed by atoms with Crippen molar-refractivity contribution in [3.63, 3.8) is 0 Å². The third-order valence-electron chi connectivity index (χ3n) is 4.42. The molecule has 0 spiro atoms. The van der Waals surface area contributed by atoms with Crippen LogP contribution in [-0.2, 0) is 11.4 Å². The number of ketones is 1. The van der Waals surface area contributed by atoms with Crippen molar-refractivity contribution in [2.75, 3.05) is 24.4 Å². The minimum Gasteiger partial charge on any atom is -0.497 e. The van der Waals surface area contributed by atoms with Crippen LogP contribution >= 0.6 is 23.4 Å². The molecular formula is C20H17ClN4O4S. The summed E-state index contributed by atoms with van der Waals surface area (Å²) in [5.41, 5.74) is 0.469. The van der Waals surface area contributed by atoms with Gasteiger partial charge in [0.25, 0.3) is 5.91 Å². The Hall–Kier alpha value is -3.04. The van der Waals surface area contributed by atoms with Gasteiger partial charge in [-0.1, -0.05) is 23.4 Å². The molecule has 2 aromatic carbocycles. The number of nitrogens with zero attached hydrogens (tertiary/aromatic N) is 4. The summed E-state index contributed by atoms with van der Waals surface area (Å²) >= 11 is 7.16. The van der Waals surface area contributed by atoms with E-state index < -0.39 is 0 Å². The second-order valence-corrected chi connectivity index (χ2v) is 7.72. The molecule has 0 radical (unpaired) electrons. The van der Waals surface area contributed by atoms with Crippen LogP contribution in [0.15, 0.2) is 53.7 Å². The van der Waals surface area contributed by atoms with Gasteiger partial charge in [-0.05, 0) is 48.5 Å². The number of fused-ring (bicyclic) bond motifs is 1. The maximum Gasteiger partial charge on any atom is 0.252 e. The van der Waals surface area contributed by atoms with Crippen molar-refractivity contribution in [3.05, 3.63) is 64.9 Å². The summed E-state index contributed by atoms with van der Waals surface area (Å²) in [5.74, 6) is 1.52. The number of carbonyl (C=O) groups is 2. The van der Waals surface area contributed by atoms with E-state index in [1.54, 1.807) is 60.3 Å². The summed E-state index contributed by atoms with van der Waals surface area (Å²) in [6.45, 7) is -0.0552. The van der Waals surface area contributed by atoms with Crippen LogP contribution in [0.3, 0.4) is 0 Å². The molecule has 1 aliphatic heterocycles. The number of ether oxygens (including phenoxy) is 2. The van der Waals surface area contributed by atoms with E-state index >= 15 is 0 Å². The van der Waals surface area contributed by atoms with E-state index in [9.17, 15) is 9.59 Å². The molecule has 1 aromatic heterocycles. The fourth-order valence-corrected chi connectivity index (χ4v) is 3.82. The number of thioether (sulfide) groups is 1. The Bertz CT molecular complexity index is 1070. The average molecular weight is 445 g/mol. The lowest BCUT2D eigenvalue weighted by Gasteiger charge is -2.28. The van der Waals surface area contributed by atoms with Crippen molar-refractivity contribution in [2.24, 2.45) is 0 Å². The Morgan fingerprint density at radius 3 is 2.50 bits per heavy atom. The number of methoxy groups -OCH3 is 1. The summed E-state index contributed by atoms with van der Waals surface area (Å²) in [6, 6.07) is 13.7. The molecule has 0 saturated carbocycles. The third kappa shape index (κ3) is 4.27. The molecule has 4 rings (SSSR count). The Balaban J connectivity index is 1.53. The van der Waals surface area contributed by atoms with Gasteiger partial charge in [-0.25, -0.2) is 9.69 Å². The summed E-state index contributed by atoms with van der Waals surface area (Å²) in [6.07, 6.45) is 0. The van der Waals surface area contributed by atoms with Gasteiger partial charge in [0.15, 0.2) is 11.6 Å². The quantitative estimate of drug-likeness (QED) is 0.518. The monoisotopic (exact) mass is 444 g/mol. The summed E-state index contributed by atoms with van der Waals surface area (Å²) in [4.78, 5) is 25.3.